The van der Waals surface area contributed by atoms with Crippen LogP contribution in [0.2, 0.25) is 0 Å². The van der Waals surface area contributed by atoms with Crippen molar-refractivity contribution < 1.29 is 19.2 Å². The van der Waals surface area contributed by atoms with E-state index in [1.54, 1.807) is 0 Å². The maximum Gasteiger partial charge on any atom is 0.307 e. The number of hydrogen-bond donors (Lipinski definition) is 1. The van der Waals surface area contributed by atoms with Crippen LogP contribution >= 0.6 is 11.8 Å². The van der Waals surface area contributed by atoms with E-state index >= 15 is 0 Å². The van der Waals surface area contributed by atoms with Crippen molar-refractivity contribution >= 4 is 35.0 Å². The largest absolute Gasteiger partial charge is 0.456 e. The molecular weight excluding hydrogens is 344 g/mol. The molecule has 0 saturated carbocycles. The van der Waals surface area contributed by atoms with Crippen LogP contribution in [0.3, 0.4) is 0 Å². The highest BCUT2D eigenvalue weighted by atomic mass is 32.2. The summed E-state index contributed by atoms with van der Waals surface area (Å²) in [6, 6.07) is 15.0. The van der Waals surface area contributed by atoms with Crippen LogP contribution in [-0.2, 0) is 14.3 Å². The molecule has 0 aliphatic heterocycles. The normalized spacial score (nSPS) is 10.1. The molecule has 0 fully saturated rings. The Kier molecular flexibility index (Phi) is 6.97. The van der Waals surface area contributed by atoms with Gasteiger partial charge in [-0.1, -0.05) is 18.2 Å². The number of carbonyl (C=O) groups is 2. The Balaban J connectivity index is 1.66. The number of hydrogen-bond acceptors (Lipinski definition) is 6. The second-order valence-electron chi connectivity index (χ2n) is 4.92. The molecule has 0 aromatic heterocycles. The van der Waals surface area contributed by atoms with Gasteiger partial charge in [-0.2, -0.15) is 0 Å². The first kappa shape index (κ1) is 18.5. The monoisotopic (exact) mass is 360 g/mol. The maximum absolute atomic E-state index is 11.7. The number of anilines is 1. The van der Waals surface area contributed by atoms with Crippen molar-refractivity contribution in [1.82, 2.24) is 0 Å². The number of non-ortho nitro benzene ring substituents is 1. The Hall–Kier alpha value is -2.87. The summed E-state index contributed by atoms with van der Waals surface area (Å²) >= 11 is 1.53. The van der Waals surface area contributed by atoms with Gasteiger partial charge < -0.3 is 10.1 Å². The van der Waals surface area contributed by atoms with Gasteiger partial charge in [-0.05, 0) is 24.3 Å². The zero-order valence-corrected chi connectivity index (χ0v) is 14.0. The SMILES string of the molecule is O=C(COC(=O)CCSc1ccccc1)Nc1ccc([N+](=O)[O-])cc1. The summed E-state index contributed by atoms with van der Waals surface area (Å²) in [7, 11) is 0. The standard InChI is InChI=1S/C17H16N2O5S/c20-16(18-13-6-8-14(9-7-13)19(22)23)12-24-17(21)10-11-25-15-4-2-1-3-5-15/h1-9H,10-12H2,(H,18,20). The van der Waals surface area contributed by atoms with Crippen LogP contribution in [0.4, 0.5) is 11.4 Å². The second-order valence-corrected chi connectivity index (χ2v) is 6.09. The van der Waals surface area contributed by atoms with Crippen molar-refractivity contribution in [3.8, 4) is 0 Å². The third kappa shape index (κ3) is 6.64. The molecule has 0 spiro atoms. The Morgan fingerprint density at radius 2 is 1.76 bits per heavy atom. The molecule has 8 heteroatoms. The van der Waals surface area contributed by atoms with Gasteiger partial charge in [-0.3, -0.25) is 19.7 Å². The Labute approximate surface area is 148 Å². The number of ether oxygens (including phenoxy) is 1. The van der Waals surface area contributed by atoms with E-state index in [1.165, 1.54) is 36.0 Å². The molecule has 0 radical (unpaired) electrons. The van der Waals surface area contributed by atoms with Crippen LogP contribution in [0.5, 0.6) is 0 Å². The van der Waals surface area contributed by atoms with Crippen LogP contribution in [0.15, 0.2) is 59.5 Å². The highest BCUT2D eigenvalue weighted by molar-refractivity contribution is 7.99. The maximum atomic E-state index is 11.7. The molecule has 7 nitrogen and oxygen atoms in total. The lowest BCUT2D eigenvalue weighted by Crippen LogP contribution is -2.21. The number of rotatable bonds is 8. The van der Waals surface area contributed by atoms with Gasteiger partial charge in [-0.25, -0.2) is 0 Å². The summed E-state index contributed by atoms with van der Waals surface area (Å²) in [5.74, 6) is -0.396. The minimum Gasteiger partial charge on any atom is -0.456 e. The number of esters is 1. The number of carbonyl (C=O) groups excluding carboxylic acids is 2. The van der Waals surface area contributed by atoms with Gasteiger partial charge in [0.2, 0.25) is 0 Å². The number of benzene rings is 2. The van der Waals surface area contributed by atoms with Crippen molar-refractivity contribution in [2.75, 3.05) is 17.7 Å². The molecule has 2 aromatic carbocycles. The third-order valence-corrected chi connectivity index (χ3v) is 4.06. The lowest BCUT2D eigenvalue weighted by atomic mass is 10.3. The Bertz CT molecular complexity index is 734. The van der Waals surface area contributed by atoms with Gasteiger partial charge >= 0.3 is 5.97 Å². The van der Waals surface area contributed by atoms with Crippen LogP contribution in [0.1, 0.15) is 6.42 Å². The minimum absolute atomic E-state index is 0.0691. The molecule has 1 N–H and O–H groups in total. The number of nitro benzene ring substituents is 1. The molecule has 2 aromatic rings. The quantitative estimate of drug-likeness (QED) is 0.336. The number of nitrogens with zero attached hydrogens (tertiary/aromatic N) is 1. The Morgan fingerprint density at radius 1 is 1.08 bits per heavy atom. The van der Waals surface area contributed by atoms with E-state index < -0.39 is 23.4 Å². The minimum atomic E-state index is -0.527. The van der Waals surface area contributed by atoms with Gasteiger partial charge in [0.1, 0.15) is 0 Å². The lowest BCUT2D eigenvalue weighted by molar-refractivity contribution is -0.384. The highest BCUT2D eigenvalue weighted by Crippen LogP contribution is 2.18. The van der Waals surface area contributed by atoms with Crippen LogP contribution in [0, 0.1) is 10.1 Å². The van der Waals surface area contributed by atoms with E-state index in [0.717, 1.165) is 4.90 Å². The highest BCUT2D eigenvalue weighted by Gasteiger charge is 2.09. The first-order chi connectivity index (χ1) is 12.0. The number of amides is 1. The smallest absolute Gasteiger partial charge is 0.307 e. The zero-order chi connectivity index (χ0) is 18.1. The second kappa shape index (κ2) is 9.43. The third-order valence-electron chi connectivity index (χ3n) is 3.04. The molecule has 0 atom stereocenters. The molecule has 0 aliphatic rings. The predicted molar refractivity (Wildman–Crippen MR) is 94.5 cm³/mol. The number of nitro groups is 1. The topological polar surface area (TPSA) is 98.5 Å². The molecule has 130 valence electrons. The summed E-state index contributed by atoms with van der Waals surface area (Å²) in [5, 5.41) is 13.0. The van der Waals surface area contributed by atoms with E-state index in [9.17, 15) is 19.7 Å². The van der Waals surface area contributed by atoms with E-state index in [2.05, 4.69) is 5.32 Å². The molecule has 1 amide bonds. The van der Waals surface area contributed by atoms with Crippen LogP contribution in [-0.4, -0.2) is 29.2 Å². The first-order valence-corrected chi connectivity index (χ1v) is 8.41. The lowest BCUT2D eigenvalue weighted by Gasteiger charge is -2.06. The molecule has 0 bridgehead atoms. The summed E-state index contributed by atoms with van der Waals surface area (Å²) < 4.78 is 4.90. The number of nitrogens with one attached hydrogen (secondary N) is 1. The molecule has 0 saturated heterocycles. The molecule has 0 unspecified atom stereocenters. The average molecular weight is 360 g/mol. The fourth-order valence-corrected chi connectivity index (χ4v) is 2.70. The molecule has 25 heavy (non-hydrogen) atoms. The van der Waals surface area contributed by atoms with E-state index in [4.69, 9.17) is 4.74 Å². The van der Waals surface area contributed by atoms with Gasteiger partial charge in [0.15, 0.2) is 6.61 Å². The van der Waals surface area contributed by atoms with E-state index in [-0.39, 0.29) is 12.1 Å². The number of thioether (sulfide) groups is 1. The molecule has 0 aliphatic carbocycles. The Morgan fingerprint density at radius 3 is 2.40 bits per heavy atom. The molecule has 2 rings (SSSR count). The van der Waals surface area contributed by atoms with Gasteiger partial charge in [-0.15, -0.1) is 11.8 Å². The van der Waals surface area contributed by atoms with Gasteiger partial charge in [0.05, 0.1) is 11.3 Å². The summed E-state index contributed by atoms with van der Waals surface area (Å²) in [5.41, 5.74) is 0.326. The van der Waals surface area contributed by atoms with Crippen molar-refractivity contribution in [3.63, 3.8) is 0 Å². The summed E-state index contributed by atoms with van der Waals surface area (Å²) in [6.45, 7) is -0.397. The molecular formula is C17H16N2O5S. The van der Waals surface area contributed by atoms with Crippen molar-refractivity contribution in [1.29, 1.82) is 0 Å². The fraction of sp³-hybridized carbons (Fsp3) is 0.176. The summed E-state index contributed by atoms with van der Waals surface area (Å²) in [4.78, 5) is 34.4. The van der Waals surface area contributed by atoms with E-state index in [0.29, 0.717) is 11.4 Å². The predicted octanol–water partition coefficient (Wildman–Crippen LogP) is 3.26. The van der Waals surface area contributed by atoms with Crippen LogP contribution < -0.4 is 5.32 Å². The molecule has 0 heterocycles. The van der Waals surface area contributed by atoms with Crippen molar-refractivity contribution in [3.05, 3.63) is 64.7 Å². The first-order valence-electron chi connectivity index (χ1n) is 7.42. The average Bonchev–Trinajstić information content (AvgIpc) is 2.61. The zero-order valence-electron chi connectivity index (χ0n) is 13.2. The van der Waals surface area contributed by atoms with E-state index in [1.807, 2.05) is 30.3 Å². The van der Waals surface area contributed by atoms with Crippen molar-refractivity contribution in [2.24, 2.45) is 0 Å². The van der Waals surface area contributed by atoms with Gasteiger partial charge in [0, 0.05) is 28.5 Å². The van der Waals surface area contributed by atoms with Crippen LogP contribution in [0.25, 0.3) is 0 Å². The van der Waals surface area contributed by atoms with Gasteiger partial charge in [0.25, 0.3) is 11.6 Å². The summed E-state index contributed by atoms with van der Waals surface area (Å²) in [6.07, 6.45) is 0.199. The fourth-order valence-electron chi connectivity index (χ4n) is 1.85. The van der Waals surface area contributed by atoms with Crippen molar-refractivity contribution in [2.45, 2.75) is 11.3 Å².